The highest BCUT2D eigenvalue weighted by molar-refractivity contribution is 7.21. The first kappa shape index (κ1) is 18.0. The van der Waals surface area contributed by atoms with E-state index < -0.39 is 0 Å². The molecule has 0 bridgehead atoms. The molecule has 0 aliphatic heterocycles. The van der Waals surface area contributed by atoms with Crippen molar-refractivity contribution >= 4 is 38.6 Å². The van der Waals surface area contributed by atoms with Gasteiger partial charge in [0, 0.05) is 31.5 Å². The van der Waals surface area contributed by atoms with Crippen molar-refractivity contribution in [1.82, 2.24) is 19.9 Å². The van der Waals surface area contributed by atoms with Crippen LogP contribution in [0.1, 0.15) is 31.4 Å². The first-order chi connectivity index (χ1) is 13.2. The molecule has 142 valence electrons. The molecule has 9 heteroatoms. The average molecular weight is 385 g/mol. The average Bonchev–Trinajstić information content (AvgIpc) is 3.06. The minimum absolute atomic E-state index is 0.125. The van der Waals surface area contributed by atoms with E-state index in [0.717, 1.165) is 34.0 Å². The number of methoxy groups -OCH3 is 1. The second-order valence-corrected chi connectivity index (χ2v) is 7.65. The minimum atomic E-state index is 0.125. The summed E-state index contributed by atoms with van der Waals surface area (Å²) in [4.78, 5) is 18.9. The molecule has 1 aliphatic rings. The van der Waals surface area contributed by atoms with E-state index in [-0.39, 0.29) is 12.1 Å². The summed E-state index contributed by atoms with van der Waals surface area (Å²) in [6, 6.07) is 6.01. The molecule has 27 heavy (non-hydrogen) atoms. The Kier molecular flexibility index (Phi) is 5.42. The monoisotopic (exact) mass is 385 g/mol. The van der Waals surface area contributed by atoms with Gasteiger partial charge in [-0.15, -0.1) is 0 Å². The van der Waals surface area contributed by atoms with Crippen LogP contribution in [0.5, 0.6) is 0 Å². The van der Waals surface area contributed by atoms with Gasteiger partial charge in [-0.1, -0.05) is 24.2 Å². The van der Waals surface area contributed by atoms with Crippen LogP contribution in [0, 0.1) is 0 Å². The normalized spacial score (nSPS) is 19.9. The molecule has 4 N–H and O–H groups in total. The van der Waals surface area contributed by atoms with Gasteiger partial charge < -0.3 is 21.1 Å². The fourth-order valence-corrected chi connectivity index (χ4v) is 4.10. The Morgan fingerprint density at radius 1 is 1.26 bits per heavy atom. The van der Waals surface area contributed by atoms with Gasteiger partial charge in [0.15, 0.2) is 5.13 Å². The number of anilines is 3. The number of hydrogen-bond acceptors (Lipinski definition) is 9. The molecule has 1 saturated carbocycles. The van der Waals surface area contributed by atoms with Crippen LogP contribution in [-0.2, 0) is 11.3 Å². The second kappa shape index (κ2) is 8.12. The fraction of sp³-hybridized carbons (Fsp3) is 0.444. The Morgan fingerprint density at radius 2 is 2.15 bits per heavy atom. The molecule has 2 unspecified atom stereocenters. The Hall–Kier alpha value is -2.36. The van der Waals surface area contributed by atoms with Gasteiger partial charge in [-0.25, -0.2) is 15.0 Å². The van der Waals surface area contributed by atoms with Gasteiger partial charge in [-0.05, 0) is 25.0 Å². The molecule has 2 atom stereocenters. The predicted molar refractivity (Wildman–Crippen MR) is 107 cm³/mol. The minimum Gasteiger partial charge on any atom is -0.378 e. The number of fused-ring (bicyclic) bond motifs is 1. The summed E-state index contributed by atoms with van der Waals surface area (Å²) in [5.74, 6) is 1.23. The Labute approximate surface area is 161 Å². The van der Waals surface area contributed by atoms with Crippen LogP contribution >= 0.6 is 11.3 Å². The van der Waals surface area contributed by atoms with E-state index in [1.54, 1.807) is 13.3 Å². The molecule has 1 aliphatic carbocycles. The van der Waals surface area contributed by atoms with Crippen molar-refractivity contribution < 1.29 is 4.74 Å². The van der Waals surface area contributed by atoms with Crippen molar-refractivity contribution in [3.63, 3.8) is 0 Å². The highest BCUT2D eigenvalue weighted by atomic mass is 32.1. The van der Waals surface area contributed by atoms with E-state index in [1.807, 2.05) is 18.2 Å². The standard InChI is InChI=1S/C18H23N7OS/c1-26-10-11-9-15(25-18-23-14-7-4-8-20-16(14)27-18)24-17(21-11)22-13-6-3-2-5-12(13)19/h4,7-9,12-13H,2-3,5-6,10,19H2,1H3,(H2,21,22,23,24,25). The Balaban J connectivity index is 1.58. The summed E-state index contributed by atoms with van der Waals surface area (Å²) in [6.45, 7) is 0.407. The third-order valence-corrected chi connectivity index (χ3v) is 5.50. The van der Waals surface area contributed by atoms with Crippen molar-refractivity contribution in [2.75, 3.05) is 17.7 Å². The maximum Gasteiger partial charge on any atom is 0.225 e. The zero-order valence-corrected chi connectivity index (χ0v) is 16.0. The zero-order valence-electron chi connectivity index (χ0n) is 15.2. The van der Waals surface area contributed by atoms with Crippen molar-refractivity contribution in [3.8, 4) is 0 Å². The van der Waals surface area contributed by atoms with Gasteiger partial charge in [0.1, 0.15) is 16.2 Å². The van der Waals surface area contributed by atoms with Gasteiger partial charge in [0.2, 0.25) is 5.95 Å². The number of hydrogen-bond donors (Lipinski definition) is 3. The lowest BCUT2D eigenvalue weighted by molar-refractivity contribution is 0.181. The third-order valence-electron chi connectivity index (χ3n) is 4.61. The zero-order chi connectivity index (χ0) is 18.6. The van der Waals surface area contributed by atoms with E-state index in [1.165, 1.54) is 24.2 Å². The number of nitrogens with two attached hydrogens (primary N) is 1. The van der Waals surface area contributed by atoms with E-state index in [9.17, 15) is 0 Å². The van der Waals surface area contributed by atoms with Crippen molar-refractivity contribution in [3.05, 3.63) is 30.1 Å². The molecule has 4 rings (SSSR count). The lowest BCUT2D eigenvalue weighted by atomic mass is 9.91. The molecule has 3 aromatic heterocycles. The maximum absolute atomic E-state index is 6.25. The van der Waals surface area contributed by atoms with Gasteiger partial charge in [-0.2, -0.15) is 4.98 Å². The molecule has 0 aromatic carbocycles. The van der Waals surface area contributed by atoms with Gasteiger partial charge >= 0.3 is 0 Å². The molecule has 1 fully saturated rings. The molecule has 8 nitrogen and oxygen atoms in total. The molecule has 0 saturated heterocycles. The van der Waals surface area contributed by atoms with E-state index in [2.05, 4.69) is 30.6 Å². The van der Waals surface area contributed by atoms with Crippen molar-refractivity contribution in [2.24, 2.45) is 5.73 Å². The molecule has 3 aromatic rings. The lowest BCUT2D eigenvalue weighted by Gasteiger charge is -2.29. The highest BCUT2D eigenvalue weighted by Crippen LogP contribution is 2.27. The van der Waals surface area contributed by atoms with Crippen LogP contribution in [0.2, 0.25) is 0 Å². The lowest BCUT2D eigenvalue weighted by Crippen LogP contribution is -2.43. The fourth-order valence-electron chi connectivity index (χ4n) is 3.29. The molecular weight excluding hydrogens is 362 g/mol. The largest absolute Gasteiger partial charge is 0.378 e. The van der Waals surface area contributed by atoms with Crippen LogP contribution < -0.4 is 16.4 Å². The topological polar surface area (TPSA) is 111 Å². The summed E-state index contributed by atoms with van der Waals surface area (Å²) in [7, 11) is 1.65. The summed E-state index contributed by atoms with van der Waals surface area (Å²) in [5, 5.41) is 7.42. The summed E-state index contributed by atoms with van der Waals surface area (Å²) in [6.07, 6.45) is 6.18. The van der Waals surface area contributed by atoms with Crippen LogP contribution in [0.25, 0.3) is 10.3 Å². The maximum atomic E-state index is 6.25. The molecule has 0 spiro atoms. The first-order valence-corrected chi connectivity index (χ1v) is 9.90. The van der Waals surface area contributed by atoms with Gasteiger partial charge in [0.05, 0.1) is 12.3 Å². The number of nitrogens with zero attached hydrogens (tertiary/aromatic N) is 4. The predicted octanol–water partition coefficient (Wildman–Crippen LogP) is 3.05. The summed E-state index contributed by atoms with van der Waals surface area (Å²) in [5.41, 5.74) is 7.91. The number of aromatic nitrogens is 4. The van der Waals surface area contributed by atoms with E-state index >= 15 is 0 Å². The first-order valence-electron chi connectivity index (χ1n) is 9.09. The molecule has 0 radical (unpaired) electrons. The number of nitrogens with one attached hydrogen (secondary N) is 2. The van der Waals surface area contributed by atoms with E-state index in [0.29, 0.717) is 18.4 Å². The van der Waals surface area contributed by atoms with Crippen molar-refractivity contribution in [2.45, 2.75) is 44.4 Å². The summed E-state index contributed by atoms with van der Waals surface area (Å²) < 4.78 is 5.25. The number of thiazole rings is 1. The second-order valence-electron chi connectivity index (χ2n) is 6.67. The van der Waals surface area contributed by atoms with Gasteiger partial charge in [0.25, 0.3) is 0 Å². The SMILES string of the molecule is COCc1cc(Nc2nc3cccnc3s2)nc(NC2CCCCC2N)n1. The van der Waals surface area contributed by atoms with E-state index in [4.69, 9.17) is 10.5 Å². The summed E-state index contributed by atoms with van der Waals surface area (Å²) >= 11 is 1.49. The smallest absolute Gasteiger partial charge is 0.225 e. The van der Waals surface area contributed by atoms with Crippen LogP contribution in [-0.4, -0.2) is 39.1 Å². The quantitative estimate of drug-likeness (QED) is 0.594. The van der Waals surface area contributed by atoms with Crippen LogP contribution in [0.15, 0.2) is 24.4 Å². The molecule has 3 heterocycles. The third kappa shape index (κ3) is 4.32. The number of ether oxygens (including phenoxy) is 1. The van der Waals surface area contributed by atoms with Crippen LogP contribution in [0.4, 0.5) is 16.9 Å². The van der Waals surface area contributed by atoms with Crippen molar-refractivity contribution in [1.29, 1.82) is 0 Å². The Bertz CT molecular complexity index is 883. The Morgan fingerprint density at radius 3 is 2.96 bits per heavy atom. The number of rotatable bonds is 6. The van der Waals surface area contributed by atoms with Gasteiger partial charge in [-0.3, -0.25) is 0 Å². The van der Waals surface area contributed by atoms with Crippen LogP contribution in [0.3, 0.4) is 0 Å². The number of pyridine rings is 1. The molecule has 0 amide bonds. The molecular formula is C18H23N7OS. The highest BCUT2D eigenvalue weighted by Gasteiger charge is 2.22.